The molecule has 0 aromatic heterocycles. The minimum atomic E-state index is -0.249. The van der Waals surface area contributed by atoms with Crippen LogP contribution in [0.4, 0.5) is 0 Å². The molecule has 1 saturated carbocycles. The maximum absolute atomic E-state index is 9.86. The monoisotopic (exact) mass is 331 g/mol. The molecule has 0 aliphatic heterocycles. The smallest absolute Gasteiger partial charge is 0.138 e. The number of hydrogen-bond donors (Lipinski definition) is 2. The maximum Gasteiger partial charge on any atom is 0.138 e. The Kier molecular flexibility index (Phi) is 4.65. The summed E-state index contributed by atoms with van der Waals surface area (Å²) in [4.78, 5) is 4.42. The van der Waals surface area contributed by atoms with Gasteiger partial charge in [0.2, 0.25) is 0 Å². The fourth-order valence-corrected chi connectivity index (χ4v) is 2.98. The number of nitrogens with zero attached hydrogens (tertiary/aromatic N) is 1. The molecular formula is C13H15BrClNO2. The molecule has 2 rings (SSSR count). The van der Waals surface area contributed by atoms with Crippen molar-refractivity contribution in [3.05, 3.63) is 27.2 Å². The van der Waals surface area contributed by atoms with Gasteiger partial charge in [-0.25, -0.2) is 0 Å². The summed E-state index contributed by atoms with van der Waals surface area (Å²) in [7, 11) is 0. The van der Waals surface area contributed by atoms with Crippen LogP contribution in [0.15, 0.2) is 21.6 Å². The van der Waals surface area contributed by atoms with E-state index in [9.17, 15) is 10.2 Å². The van der Waals surface area contributed by atoms with E-state index < -0.39 is 0 Å². The second-order valence-electron chi connectivity index (χ2n) is 4.58. The molecule has 3 nitrogen and oxygen atoms in total. The van der Waals surface area contributed by atoms with Crippen molar-refractivity contribution in [2.45, 2.75) is 37.8 Å². The minimum absolute atomic E-state index is 0.130. The highest BCUT2D eigenvalue weighted by Gasteiger charge is 2.18. The molecule has 0 heterocycles. The maximum atomic E-state index is 9.86. The number of hydrogen-bond acceptors (Lipinski definition) is 3. The number of aliphatic hydroxyl groups excluding tert-OH is 1. The van der Waals surface area contributed by atoms with Crippen molar-refractivity contribution in [3.8, 4) is 5.75 Å². The van der Waals surface area contributed by atoms with Crippen LogP contribution in [0.25, 0.3) is 0 Å². The topological polar surface area (TPSA) is 52.8 Å². The van der Waals surface area contributed by atoms with E-state index in [1.54, 1.807) is 18.3 Å². The van der Waals surface area contributed by atoms with Gasteiger partial charge in [0.25, 0.3) is 0 Å². The Bertz CT molecular complexity index is 465. The van der Waals surface area contributed by atoms with Crippen molar-refractivity contribution >= 4 is 33.7 Å². The van der Waals surface area contributed by atoms with E-state index in [0.29, 0.717) is 21.5 Å². The van der Waals surface area contributed by atoms with E-state index in [-0.39, 0.29) is 17.9 Å². The Morgan fingerprint density at radius 1 is 1.39 bits per heavy atom. The minimum Gasteiger partial charge on any atom is -0.506 e. The van der Waals surface area contributed by atoms with Crippen LogP contribution >= 0.6 is 27.5 Å². The molecule has 5 heteroatoms. The Hall–Kier alpha value is -0.580. The quantitative estimate of drug-likeness (QED) is 0.814. The van der Waals surface area contributed by atoms with Crippen LogP contribution in [0.5, 0.6) is 5.75 Å². The van der Waals surface area contributed by atoms with Gasteiger partial charge in [0.15, 0.2) is 0 Å². The van der Waals surface area contributed by atoms with Gasteiger partial charge in [0, 0.05) is 16.8 Å². The molecule has 2 atom stereocenters. The summed E-state index contributed by atoms with van der Waals surface area (Å²) in [5, 5.41) is 20.0. The van der Waals surface area contributed by atoms with Gasteiger partial charge >= 0.3 is 0 Å². The molecule has 98 valence electrons. The average Bonchev–Trinajstić information content (AvgIpc) is 2.32. The number of phenolic OH excluding ortho intramolecular Hbond substituents is 1. The second kappa shape index (κ2) is 6.04. The largest absolute Gasteiger partial charge is 0.506 e. The molecule has 0 unspecified atom stereocenters. The Morgan fingerprint density at radius 2 is 2.17 bits per heavy atom. The Labute approximate surface area is 120 Å². The van der Waals surface area contributed by atoms with Crippen molar-refractivity contribution in [1.29, 1.82) is 0 Å². The number of phenols is 1. The van der Waals surface area contributed by atoms with Crippen LogP contribution in [0.1, 0.15) is 31.2 Å². The summed E-state index contributed by atoms with van der Waals surface area (Å²) in [5.41, 5.74) is 0.592. The van der Waals surface area contributed by atoms with Gasteiger partial charge in [-0.2, -0.15) is 0 Å². The predicted molar refractivity (Wildman–Crippen MR) is 76.7 cm³/mol. The SMILES string of the molecule is Oc1c(Br)cc(Cl)cc1C=N[C@@H]1CCC[C@H](O)C1. The van der Waals surface area contributed by atoms with Gasteiger partial charge in [0.1, 0.15) is 5.75 Å². The third-order valence-electron chi connectivity index (χ3n) is 3.10. The molecule has 18 heavy (non-hydrogen) atoms. The summed E-state index contributed by atoms with van der Waals surface area (Å²) in [6.45, 7) is 0. The lowest BCUT2D eigenvalue weighted by molar-refractivity contribution is 0.121. The van der Waals surface area contributed by atoms with E-state index in [1.165, 1.54) is 0 Å². The lowest BCUT2D eigenvalue weighted by atomic mass is 9.93. The normalized spacial score (nSPS) is 24.6. The van der Waals surface area contributed by atoms with E-state index in [4.69, 9.17) is 11.6 Å². The molecule has 0 amide bonds. The van der Waals surface area contributed by atoms with Crippen LogP contribution in [0.3, 0.4) is 0 Å². The van der Waals surface area contributed by atoms with Crippen molar-refractivity contribution in [2.24, 2.45) is 4.99 Å². The molecule has 2 N–H and O–H groups in total. The number of aromatic hydroxyl groups is 1. The van der Waals surface area contributed by atoms with E-state index >= 15 is 0 Å². The Balaban J connectivity index is 2.13. The predicted octanol–water partition coefficient (Wildman–Crippen LogP) is 3.53. The second-order valence-corrected chi connectivity index (χ2v) is 5.87. The first-order valence-corrected chi connectivity index (χ1v) is 7.12. The number of benzene rings is 1. The average molecular weight is 333 g/mol. The lowest BCUT2D eigenvalue weighted by Gasteiger charge is -2.22. The highest BCUT2D eigenvalue weighted by molar-refractivity contribution is 9.10. The lowest BCUT2D eigenvalue weighted by Crippen LogP contribution is -2.22. The van der Waals surface area contributed by atoms with Crippen molar-refractivity contribution < 1.29 is 10.2 Å². The summed E-state index contributed by atoms with van der Waals surface area (Å²) in [6, 6.07) is 3.44. The number of aliphatic imine (C=N–C) groups is 1. The summed E-state index contributed by atoms with van der Waals surface area (Å²) in [5.74, 6) is 0.138. The van der Waals surface area contributed by atoms with E-state index in [1.807, 2.05) is 0 Å². The first kappa shape index (κ1) is 13.8. The fourth-order valence-electron chi connectivity index (χ4n) is 2.14. The molecule has 1 aliphatic rings. The van der Waals surface area contributed by atoms with Crippen LogP contribution in [0, 0.1) is 0 Å². The zero-order chi connectivity index (χ0) is 13.1. The van der Waals surface area contributed by atoms with E-state index in [0.717, 1.165) is 19.3 Å². The third kappa shape index (κ3) is 3.46. The van der Waals surface area contributed by atoms with Crippen molar-refractivity contribution in [1.82, 2.24) is 0 Å². The van der Waals surface area contributed by atoms with Crippen molar-refractivity contribution in [2.75, 3.05) is 0 Å². The van der Waals surface area contributed by atoms with Crippen molar-refractivity contribution in [3.63, 3.8) is 0 Å². The van der Waals surface area contributed by atoms with E-state index in [2.05, 4.69) is 20.9 Å². The van der Waals surface area contributed by atoms with Crippen LogP contribution < -0.4 is 0 Å². The van der Waals surface area contributed by atoms with Gasteiger partial charge in [-0.05, 0) is 53.7 Å². The highest BCUT2D eigenvalue weighted by Crippen LogP contribution is 2.30. The summed E-state index contributed by atoms with van der Waals surface area (Å²) >= 11 is 9.16. The molecule has 0 radical (unpaired) electrons. The van der Waals surface area contributed by atoms with Crippen LogP contribution in [-0.2, 0) is 0 Å². The van der Waals surface area contributed by atoms with Gasteiger partial charge < -0.3 is 10.2 Å². The highest BCUT2D eigenvalue weighted by atomic mass is 79.9. The molecular weight excluding hydrogens is 318 g/mol. The molecule has 1 aromatic rings. The summed E-state index contributed by atoms with van der Waals surface area (Å²) < 4.78 is 0.556. The third-order valence-corrected chi connectivity index (χ3v) is 3.92. The number of aliphatic hydroxyl groups is 1. The Morgan fingerprint density at radius 3 is 2.89 bits per heavy atom. The molecule has 1 aliphatic carbocycles. The van der Waals surface area contributed by atoms with Gasteiger partial charge in [-0.15, -0.1) is 0 Å². The summed E-state index contributed by atoms with van der Waals surface area (Å²) in [6.07, 6.45) is 4.92. The van der Waals surface area contributed by atoms with Gasteiger partial charge in [0.05, 0.1) is 16.6 Å². The molecule has 0 bridgehead atoms. The molecule has 1 aromatic carbocycles. The first-order valence-electron chi connectivity index (χ1n) is 5.95. The van der Waals surface area contributed by atoms with Gasteiger partial charge in [-0.1, -0.05) is 11.6 Å². The molecule has 0 spiro atoms. The zero-order valence-corrected chi connectivity index (χ0v) is 12.2. The molecule has 1 fully saturated rings. The molecule has 0 saturated heterocycles. The van der Waals surface area contributed by atoms with Gasteiger partial charge in [-0.3, -0.25) is 4.99 Å². The van der Waals surface area contributed by atoms with Crippen LogP contribution in [0.2, 0.25) is 5.02 Å². The standard InChI is InChI=1S/C13H15BrClNO2/c14-12-5-9(15)4-8(13(12)18)7-16-10-2-1-3-11(17)6-10/h4-5,7,10-11,17-18H,1-3,6H2/t10-,11+/m1/s1. The fraction of sp³-hybridized carbons (Fsp3) is 0.462. The number of halogens is 2. The zero-order valence-electron chi connectivity index (χ0n) is 9.81. The first-order chi connectivity index (χ1) is 8.56. The number of rotatable bonds is 2. The van der Waals surface area contributed by atoms with Crippen LogP contribution in [-0.4, -0.2) is 28.6 Å².